The summed E-state index contributed by atoms with van der Waals surface area (Å²) in [6.07, 6.45) is 12.6. The van der Waals surface area contributed by atoms with Crippen LogP contribution in [0, 0.1) is 0 Å². The number of halogens is 3. The van der Waals surface area contributed by atoms with Gasteiger partial charge in [0.25, 0.3) is 11.8 Å². The van der Waals surface area contributed by atoms with Crippen molar-refractivity contribution >= 4 is 87.1 Å². The third-order valence-electron chi connectivity index (χ3n) is 24.7. The molecular weight excluding hydrogens is 1600 g/mol. The van der Waals surface area contributed by atoms with Gasteiger partial charge < -0.3 is 61.3 Å². The maximum absolute atomic E-state index is 14.1. The van der Waals surface area contributed by atoms with Gasteiger partial charge in [0.1, 0.15) is 0 Å². The van der Waals surface area contributed by atoms with Crippen molar-refractivity contribution in [1.29, 1.82) is 0 Å². The van der Waals surface area contributed by atoms with Crippen LogP contribution < -0.4 is 31.9 Å². The second-order valence-corrected chi connectivity index (χ2v) is 34.0. The molecule has 4 aliphatic rings. The van der Waals surface area contributed by atoms with Crippen molar-refractivity contribution in [2.45, 2.75) is 153 Å². The molecule has 0 bridgehead atoms. The zero-order chi connectivity index (χ0) is 86.7. The molecular formula is C102H127Cl3N12O6. The smallest absolute Gasteiger partial charge is 0.251 e. The summed E-state index contributed by atoms with van der Waals surface area (Å²) in [4.78, 5) is 93.9. The van der Waals surface area contributed by atoms with Crippen LogP contribution in [-0.4, -0.2) is 219 Å². The van der Waals surface area contributed by atoms with Gasteiger partial charge in [-0.3, -0.25) is 28.8 Å². The van der Waals surface area contributed by atoms with E-state index in [1.807, 2.05) is 89.8 Å². The summed E-state index contributed by atoms with van der Waals surface area (Å²) in [6.45, 7) is 24.7. The van der Waals surface area contributed by atoms with Crippen molar-refractivity contribution in [3.8, 4) is 0 Å². The first-order valence-corrected chi connectivity index (χ1v) is 45.9. The summed E-state index contributed by atoms with van der Waals surface area (Å²) in [7, 11) is 0. The molecule has 4 saturated heterocycles. The Morgan fingerprint density at radius 3 is 1.26 bits per heavy atom. The Kier molecular flexibility index (Phi) is 38.1. The molecule has 18 nitrogen and oxygen atoms in total. The fraction of sp³-hybridized carbons (Fsp3) is 0.412. The molecule has 0 aliphatic carbocycles. The lowest BCUT2D eigenvalue weighted by Gasteiger charge is -2.31. The van der Waals surface area contributed by atoms with Crippen molar-refractivity contribution in [3.63, 3.8) is 0 Å². The van der Waals surface area contributed by atoms with Crippen LogP contribution in [0.25, 0.3) is 16.8 Å². The molecule has 0 spiro atoms. The summed E-state index contributed by atoms with van der Waals surface area (Å²) < 4.78 is 0. The number of carbonyl (C=O) groups excluding carboxylic acids is 6. The number of carbonyl (C=O) groups is 6. The molecule has 4 heterocycles. The van der Waals surface area contributed by atoms with Gasteiger partial charge in [-0.2, -0.15) is 0 Å². The molecule has 6 N–H and O–H groups in total. The number of nitrogens with zero attached hydrogens (tertiary/aromatic N) is 6. The van der Waals surface area contributed by atoms with Crippen LogP contribution in [0.4, 0.5) is 0 Å². The Labute approximate surface area is 745 Å². The fourth-order valence-electron chi connectivity index (χ4n) is 17.2. The van der Waals surface area contributed by atoms with Crippen molar-refractivity contribution in [3.05, 3.63) is 302 Å². The predicted octanol–water partition coefficient (Wildman–Crippen LogP) is 16.6. The van der Waals surface area contributed by atoms with Crippen LogP contribution in [0.5, 0.6) is 0 Å². The summed E-state index contributed by atoms with van der Waals surface area (Å²) in [6, 6.07) is 77.5. The van der Waals surface area contributed by atoms with E-state index in [-0.39, 0.29) is 83.5 Å². The van der Waals surface area contributed by atoms with Gasteiger partial charge in [-0.25, -0.2) is 0 Å². The van der Waals surface area contributed by atoms with Gasteiger partial charge in [-0.15, -0.1) is 0 Å². The number of benzene rings is 9. The number of piperidine rings is 1. The van der Waals surface area contributed by atoms with Gasteiger partial charge >= 0.3 is 0 Å². The van der Waals surface area contributed by atoms with Crippen LogP contribution in [0.1, 0.15) is 171 Å². The zero-order valence-corrected chi connectivity index (χ0v) is 74.7. The number of likely N-dealkylation sites (tertiary alicyclic amines) is 1. The first-order valence-electron chi connectivity index (χ1n) is 44.7. The monoisotopic (exact) mass is 1720 g/mol. The molecule has 0 aromatic heterocycles. The highest BCUT2D eigenvalue weighted by atomic mass is 35.5. The minimum atomic E-state index is -0.313. The van der Waals surface area contributed by atoms with Crippen molar-refractivity contribution in [1.82, 2.24) is 61.3 Å². The van der Waals surface area contributed by atoms with Crippen LogP contribution >= 0.6 is 34.8 Å². The van der Waals surface area contributed by atoms with Crippen LogP contribution in [0.3, 0.4) is 0 Å². The van der Waals surface area contributed by atoms with Gasteiger partial charge in [-0.1, -0.05) is 270 Å². The summed E-state index contributed by atoms with van der Waals surface area (Å²) in [5, 5.41) is 23.7. The van der Waals surface area contributed by atoms with E-state index in [9.17, 15) is 28.8 Å². The average Bonchev–Trinajstić information content (AvgIpc) is 1.61. The minimum Gasteiger partial charge on any atom is -0.351 e. The van der Waals surface area contributed by atoms with E-state index in [1.165, 1.54) is 47.1 Å². The molecule has 9 aromatic rings. The van der Waals surface area contributed by atoms with E-state index in [0.29, 0.717) is 91.0 Å². The highest BCUT2D eigenvalue weighted by Crippen LogP contribution is 2.31. The van der Waals surface area contributed by atoms with Gasteiger partial charge in [0.05, 0.1) is 28.2 Å². The first kappa shape index (κ1) is 94.1. The van der Waals surface area contributed by atoms with E-state index in [4.69, 9.17) is 34.8 Å². The molecule has 0 saturated carbocycles. The highest BCUT2D eigenvalue weighted by molar-refractivity contribution is 6.42. The third-order valence-corrected chi connectivity index (χ3v) is 25.7. The second kappa shape index (κ2) is 49.8. The van der Waals surface area contributed by atoms with Gasteiger partial charge in [0, 0.05) is 137 Å². The van der Waals surface area contributed by atoms with Crippen LogP contribution in [0.2, 0.25) is 15.1 Å². The lowest BCUT2D eigenvalue weighted by molar-refractivity contribution is -0.134. The number of rotatable bonds is 35. The van der Waals surface area contributed by atoms with E-state index in [2.05, 4.69) is 212 Å². The van der Waals surface area contributed by atoms with Crippen LogP contribution in [-0.2, 0) is 19.2 Å². The SMILES string of the molecule is CCN(CC)CC[C@@H]1N[C@H](CNC(=O)/C=C/c2ccc(Cl)cc2)CCN(CC(c2ccccc2)c2ccccc2)C1=O.CCN(CC)CC[C@@H]1N[C@H](CNC(=O)c2ccc3ccccc3c2)CCN(CC(c2ccccc2)c2ccccc2)C1=O.CC[C@@H](CN1CC[C@@H](CNC(=O)c2ccc(Cl)c(Cl)c2)N[C@@H](CCN2CCCCC2)C1=O)c1ccccc1. The highest BCUT2D eigenvalue weighted by Gasteiger charge is 2.37. The van der Waals surface area contributed by atoms with Crippen LogP contribution in [0.15, 0.2) is 243 Å². The standard InChI is InChI=1S/C37H44N4O2.C35H43ClN4O2.C30H40Cl2N4O2/c1-3-40(4-2)23-22-35-37(43)41(27-34(29-14-7-5-8-15-29)30-16-9-6-10-17-30)24-21-33(39-35)26-38-36(42)32-20-19-28-13-11-12-18-31(28)25-32;1-3-39(4-2)23-22-33-35(42)40(26-32(28-11-7-5-8-12-28)29-13-9-6-10-14-29)24-21-31(38-33)25-37-34(41)20-17-27-15-18-30(36)19-16-27;1-2-22(23-9-5-3-6-10-23)21-36-18-13-25(20-33-29(37)24-11-12-26(31)27(32)19-24)34-28(30(36)38)14-17-35-15-7-4-8-16-35/h5-20,25,33-35,39H,3-4,21-24,26-27H2,1-2H3,(H,38,42);5-20,31-33,38H,3-4,21-26H2,1-2H3,(H,37,41);3,5-6,9-12,19,22,25,28,34H,2,4,7-8,13-18,20-21H2,1H3,(H,33,37)/b;20-17+;/t33-,35-;31-,33-;22-,25-,28-/m000/s1. The number of nitrogens with one attached hydrogen (secondary N) is 6. The molecule has 652 valence electrons. The summed E-state index contributed by atoms with van der Waals surface area (Å²) >= 11 is 18.1. The summed E-state index contributed by atoms with van der Waals surface area (Å²) in [5.74, 6) is 0.470. The normalized spacial score (nSPS) is 18.8. The number of fused-ring (bicyclic) bond motifs is 1. The Hall–Kier alpha value is -9.57. The molecule has 21 heteroatoms. The number of hydrogen-bond donors (Lipinski definition) is 6. The molecule has 9 aromatic carbocycles. The fourth-order valence-corrected chi connectivity index (χ4v) is 17.6. The molecule has 0 radical (unpaired) electrons. The average molecular weight is 1720 g/mol. The lowest BCUT2D eigenvalue weighted by atomic mass is 9.90. The van der Waals surface area contributed by atoms with E-state index < -0.39 is 0 Å². The Morgan fingerprint density at radius 1 is 0.423 bits per heavy atom. The van der Waals surface area contributed by atoms with E-state index in [0.717, 1.165) is 120 Å². The molecule has 123 heavy (non-hydrogen) atoms. The lowest BCUT2D eigenvalue weighted by Crippen LogP contribution is -2.50. The summed E-state index contributed by atoms with van der Waals surface area (Å²) in [5.41, 5.74) is 8.11. The Morgan fingerprint density at radius 2 is 0.821 bits per heavy atom. The van der Waals surface area contributed by atoms with Gasteiger partial charge in [0.15, 0.2) is 0 Å². The predicted molar refractivity (Wildman–Crippen MR) is 503 cm³/mol. The molecule has 0 unspecified atom stereocenters. The molecule has 4 fully saturated rings. The first-order chi connectivity index (χ1) is 60.0. The van der Waals surface area contributed by atoms with Crippen molar-refractivity contribution in [2.75, 3.05) is 118 Å². The number of hydrogen-bond acceptors (Lipinski definition) is 12. The third kappa shape index (κ3) is 29.0. The zero-order valence-electron chi connectivity index (χ0n) is 72.4. The topological polar surface area (TPSA) is 194 Å². The molecule has 7 atom stereocenters. The van der Waals surface area contributed by atoms with E-state index >= 15 is 0 Å². The largest absolute Gasteiger partial charge is 0.351 e. The maximum Gasteiger partial charge on any atom is 0.251 e. The Balaban J connectivity index is 0.000000180. The maximum atomic E-state index is 14.1. The molecule has 6 amide bonds. The Bertz CT molecular complexity index is 4680. The molecule has 13 rings (SSSR count). The minimum absolute atomic E-state index is 0.00108. The quantitative estimate of drug-likeness (QED) is 0.0206. The van der Waals surface area contributed by atoms with Crippen molar-refractivity contribution in [2.24, 2.45) is 0 Å². The second-order valence-electron chi connectivity index (χ2n) is 32.8. The van der Waals surface area contributed by atoms with E-state index in [1.54, 1.807) is 42.5 Å². The number of amides is 6. The van der Waals surface area contributed by atoms with Gasteiger partial charge in [0.2, 0.25) is 23.6 Å². The van der Waals surface area contributed by atoms with Gasteiger partial charge in [-0.05, 0) is 190 Å². The van der Waals surface area contributed by atoms with Crippen molar-refractivity contribution < 1.29 is 28.8 Å². The molecule has 4 aliphatic heterocycles.